The van der Waals surface area contributed by atoms with E-state index in [4.69, 9.17) is 5.73 Å². The van der Waals surface area contributed by atoms with Gasteiger partial charge in [-0.05, 0) is 31.0 Å². The number of sulfone groups is 1. The number of hydrogen-bond donors (Lipinski definition) is 1. The van der Waals surface area contributed by atoms with E-state index >= 15 is 0 Å². The SMILES string of the molecule is CCS(=O)(=O)c1ccc(N(C)C2CCCCC2)cc1N. The molecule has 2 rings (SSSR count). The summed E-state index contributed by atoms with van der Waals surface area (Å²) in [7, 11) is -1.17. The number of nitrogens with two attached hydrogens (primary N) is 1. The van der Waals surface area contributed by atoms with Gasteiger partial charge in [0, 0.05) is 18.8 Å². The lowest BCUT2D eigenvalue weighted by Gasteiger charge is -2.33. The van der Waals surface area contributed by atoms with Crippen LogP contribution in [0.15, 0.2) is 23.1 Å². The molecule has 0 unspecified atom stereocenters. The summed E-state index contributed by atoms with van der Waals surface area (Å²) in [6, 6.07) is 5.84. The molecule has 0 aromatic heterocycles. The first-order valence-corrected chi connectivity index (χ1v) is 8.96. The van der Waals surface area contributed by atoms with Gasteiger partial charge in [0.05, 0.1) is 16.3 Å². The molecular formula is C15H24N2O2S. The van der Waals surface area contributed by atoms with Gasteiger partial charge < -0.3 is 10.6 Å². The Balaban J connectivity index is 2.24. The maximum Gasteiger partial charge on any atom is 0.180 e. The minimum Gasteiger partial charge on any atom is -0.398 e. The van der Waals surface area contributed by atoms with Crippen LogP contribution in [0.2, 0.25) is 0 Å². The molecule has 0 aliphatic heterocycles. The van der Waals surface area contributed by atoms with E-state index in [1.54, 1.807) is 19.1 Å². The van der Waals surface area contributed by atoms with Crippen molar-refractivity contribution in [2.45, 2.75) is 50.0 Å². The number of nitrogens with zero attached hydrogens (tertiary/aromatic N) is 1. The van der Waals surface area contributed by atoms with E-state index in [1.165, 1.54) is 32.1 Å². The number of hydrogen-bond acceptors (Lipinski definition) is 4. The van der Waals surface area contributed by atoms with Gasteiger partial charge in [0.1, 0.15) is 0 Å². The van der Waals surface area contributed by atoms with Crippen LogP contribution in [0.1, 0.15) is 39.0 Å². The third-order valence-corrected chi connectivity index (χ3v) is 6.04. The molecule has 5 heteroatoms. The molecule has 1 aromatic carbocycles. The second-order valence-corrected chi connectivity index (χ2v) is 7.77. The Morgan fingerprint density at radius 3 is 2.45 bits per heavy atom. The van der Waals surface area contributed by atoms with Crippen molar-refractivity contribution < 1.29 is 8.42 Å². The Morgan fingerprint density at radius 1 is 1.25 bits per heavy atom. The maximum absolute atomic E-state index is 11.9. The van der Waals surface area contributed by atoms with Gasteiger partial charge in [-0.25, -0.2) is 8.42 Å². The molecule has 1 aliphatic carbocycles. The van der Waals surface area contributed by atoms with Crippen LogP contribution in [0.3, 0.4) is 0 Å². The van der Waals surface area contributed by atoms with Crippen LogP contribution >= 0.6 is 0 Å². The number of anilines is 2. The van der Waals surface area contributed by atoms with E-state index in [0.29, 0.717) is 11.7 Å². The Hall–Kier alpha value is -1.23. The van der Waals surface area contributed by atoms with E-state index in [9.17, 15) is 8.42 Å². The molecule has 20 heavy (non-hydrogen) atoms. The van der Waals surface area contributed by atoms with Crippen molar-refractivity contribution >= 4 is 21.2 Å². The van der Waals surface area contributed by atoms with E-state index in [-0.39, 0.29) is 10.6 Å². The van der Waals surface area contributed by atoms with Crippen LogP contribution in [0, 0.1) is 0 Å². The first-order valence-electron chi connectivity index (χ1n) is 7.31. The van der Waals surface area contributed by atoms with Crippen LogP contribution < -0.4 is 10.6 Å². The summed E-state index contributed by atoms with van der Waals surface area (Å²) in [5, 5.41) is 0. The summed E-state index contributed by atoms with van der Waals surface area (Å²) in [4.78, 5) is 2.48. The molecule has 1 aromatic rings. The first kappa shape index (κ1) is 15.2. The number of rotatable bonds is 4. The molecule has 1 saturated carbocycles. The molecule has 0 amide bonds. The lowest BCUT2D eigenvalue weighted by atomic mass is 9.94. The molecule has 0 atom stereocenters. The van der Waals surface area contributed by atoms with Gasteiger partial charge in [0.25, 0.3) is 0 Å². The van der Waals surface area contributed by atoms with Gasteiger partial charge in [-0.15, -0.1) is 0 Å². The Kier molecular flexibility index (Phi) is 4.58. The van der Waals surface area contributed by atoms with Gasteiger partial charge in [-0.2, -0.15) is 0 Å². The minimum absolute atomic E-state index is 0.0784. The van der Waals surface area contributed by atoms with Crippen molar-refractivity contribution in [1.82, 2.24) is 0 Å². The molecule has 0 heterocycles. The highest BCUT2D eigenvalue weighted by Crippen LogP contribution is 2.29. The van der Waals surface area contributed by atoms with Crippen molar-refractivity contribution in [1.29, 1.82) is 0 Å². The molecule has 2 N–H and O–H groups in total. The first-order chi connectivity index (χ1) is 9.45. The summed E-state index contributed by atoms with van der Waals surface area (Å²) < 4.78 is 23.8. The average molecular weight is 296 g/mol. The molecule has 4 nitrogen and oxygen atoms in total. The summed E-state index contributed by atoms with van der Waals surface area (Å²) in [5.74, 6) is 0.0784. The molecule has 0 spiro atoms. The molecular weight excluding hydrogens is 272 g/mol. The second kappa shape index (κ2) is 6.04. The van der Waals surface area contributed by atoms with Crippen LogP contribution in [-0.4, -0.2) is 27.3 Å². The highest BCUT2D eigenvalue weighted by molar-refractivity contribution is 7.91. The summed E-state index contributed by atoms with van der Waals surface area (Å²) in [5.41, 5.74) is 7.30. The van der Waals surface area contributed by atoms with Gasteiger partial charge in [0.15, 0.2) is 9.84 Å². The fraction of sp³-hybridized carbons (Fsp3) is 0.600. The van der Waals surface area contributed by atoms with Crippen molar-refractivity contribution in [2.75, 3.05) is 23.4 Å². The van der Waals surface area contributed by atoms with Gasteiger partial charge in [-0.1, -0.05) is 26.2 Å². The Labute approximate surface area is 121 Å². The zero-order valence-electron chi connectivity index (χ0n) is 12.3. The second-order valence-electron chi connectivity index (χ2n) is 5.53. The van der Waals surface area contributed by atoms with E-state index in [0.717, 1.165) is 5.69 Å². The number of nitrogen functional groups attached to an aromatic ring is 1. The highest BCUT2D eigenvalue weighted by Gasteiger charge is 2.20. The fourth-order valence-corrected chi connectivity index (χ4v) is 3.88. The molecule has 1 aliphatic rings. The fourth-order valence-electron chi connectivity index (χ4n) is 2.87. The van der Waals surface area contributed by atoms with E-state index in [1.807, 2.05) is 6.07 Å². The van der Waals surface area contributed by atoms with Gasteiger partial charge in [0.2, 0.25) is 0 Å². The molecule has 1 fully saturated rings. The van der Waals surface area contributed by atoms with Crippen molar-refractivity contribution in [3.63, 3.8) is 0 Å². The van der Waals surface area contributed by atoms with Crippen molar-refractivity contribution in [3.05, 3.63) is 18.2 Å². The Morgan fingerprint density at radius 2 is 1.90 bits per heavy atom. The normalized spacial score (nSPS) is 17.1. The number of benzene rings is 1. The smallest absolute Gasteiger partial charge is 0.180 e. The minimum atomic E-state index is -3.24. The van der Waals surface area contributed by atoms with Crippen LogP contribution in [0.5, 0.6) is 0 Å². The maximum atomic E-state index is 11.9. The van der Waals surface area contributed by atoms with Crippen LogP contribution in [-0.2, 0) is 9.84 Å². The van der Waals surface area contributed by atoms with Gasteiger partial charge in [-0.3, -0.25) is 0 Å². The topological polar surface area (TPSA) is 63.4 Å². The molecule has 0 bridgehead atoms. The van der Waals surface area contributed by atoms with Crippen molar-refractivity contribution in [3.8, 4) is 0 Å². The molecule has 112 valence electrons. The zero-order valence-corrected chi connectivity index (χ0v) is 13.1. The molecule has 0 radical (unpaired) electrons. The average Bonchev–Trinajstić information content (AvgIpc) is 2.47. The summed E-state index contributed by atoms with van der Waals surface area (Å²) in [6.45, 7) is 1.64. The standard InChI is InChI=1S/C15H24N2O2S/c1-3-20(18,19)15-10-9-13(11-14(15)16)17(2)12-7-5-4-6-8-12/h9-12H,3-8,16H2,1-2H3. The predicted molar refractivity (Wildman–Crippen MR) is 83.9 cm³/mol. The third-order valence-electron chi connectivity index (χ3n) is 4.24. The largest absolute Gasteiger partial charge is 0.398 e. The van der Waals surface area contributed by atoms with Crippen LogP contribution in [0.4, 0.5) is 11.4 Å². The lowest BCUT2D eigenvalue weighted by molar-refractivity contribution is 0.427. The van der Waals surface area contributed by atoms with Crippen LogP contribution in [0.25, 0.3) is 0 Å². The quantitative estimate of drug-likeness (QED) is 0.868. The zero-order chi connectivity index (χ0) is 14.8. The molecule has 0 saturated heterocycles. The van der Waals surface area contributed by atoms with E-state index in [2.05, 4.69) is 11.9 Å². The lowest BCUT2D eigenvalue weighted by Crippen LogP contribution is -2.33. The predicted octanol–water partition coefficient (Wildman–Crippen LogP) is 2.83. The summed E-state index contributed by atoms with van der Waals surface area (Å²) in [6.07, 6.45) is 6.26. The monoisotopic (exact) mass is 296 g/mol. The van der Waals surface area contributed by atoms with E-state index < -0.39 is 9.84 Å². The highest BCUT2D eigenvalue weighted by atomic mass is 32.2. The Bertz CT molecular complexity index is 563. The van der Waals surface area contributed by atoms with Crippen molar-refractivity contribution in [2.24, 2.45) is 0 Å². The third kappa shape index (κ3) is 3.08. The van der Waals surface area contributed by atoms with Gasteiger partial charge >= 0.3 is 0 Å². The summed E-state index contributed by atoms with van der Waals surface area (Å²) >= 11 is 0.